The Morgan fingerprint density at radius 1 is 1.40 bits per heavy atom. The van der Waals surface area contributed by atoms with Crippen LogP contribution in [-0.4, -0.2) is 0 Å². The highest BCUT2D eigenvalue weighted by atomic mass is 35.5. The molecule has 1 aromatic rings. The SMILES string of the molecule is [NH3+]Cc1cc(F)cc(Cl)c1. The van der Waals surface area contributed by atoms with Crippen molar-refractivity contribution in [2.45, 2.75) is 6.54 Å². The minimum atomic E-state index is -0.300. The first kappa shape index (κ1) is 7.51. The van der Waals surface area contributed by atoms with Gasteiger partial charge in [0.2, 0.25) is 0 Å². The fourth-order valence-corrected chi connectivity index (χ4v) is 1.000. The van der Waals surface area contributed by atoms with Crippen LogP contribution in [0.25, 0.3) is 0 Å². The van der Waals surface area contributed by atoms with Crippen LogP contribution in [0, 0.1) is 5.82 Å². The van der Waals surface area contributed by atoms with E-state index in [1.165, 1.54) is 12.1 Å². The van der Waals surface area contributed by atoms with E-state index in [9.17, 15) is 4.39 Å². The molecule has 0 heterocycles. The van der Waals surface area contributed by atoms with E-state index < -0.39 is 0 Å². The molecule has 10 heavy (non-hydrogen) atoms. The van der Waals surface area contributed by atoms with Crippen LogP contribution >= 0.6 is 11.6 Å². The Morgan fingerprint density at radius 3 is 2.60 bits per heavy atom. The van der Waals surface area contributed by atoms with Crippen molar-refractivity contribution < 1.29 is 10.1 Å². The zero-order valence-corrected chi connectivity index (χ0v) is 6.16. The van der Waals surface area contributed by atoms with Gasteiger partial charge in [-0.2, -0.15) is 0 Å². The van der Waals surface area contributed by atoms with Gasteiger partial charge >= 0.3 is 0 Å². The van der Waals surface area contributed by atoms with E-state index in [2.05, 4.69) is 5.73 Å². The molecule has 0 saturated carbocycles. The van der Waals surface area contributed by atoms with Crippen molar-refractivity contribution in [1.82, 2.24) is 0 Å². The Labute approximate surface area is 63.6 Å². The van der Waals surface area contributed by atoms with E-state index in [-0.39, 0.29) is 5.82 Å². The van der Waals surface area contributed by atoms with Crippen LogP contribution in [0.2, 0.25) is 5.02 Å². The minimum absolute atomic E-state index is 0.300. The smallest absolute Gasteiger partial charge is 0.125 e. The molecule has 1 nitrogen and oxygen atoms in total. The molecular weight excluding hydrogens is 153 g/mol. The summed E-state index contributed by atoms with van der Waals surface area (Å²) < 4.78 is 12.5. The molecule has 0 saturated heterocycles. The Kier molecular flexibility index (Phi) is 2.25. The summed E-state index contributed by atoms with van der Waals surface area (Å²) >= 11 is 5.56. The summed E-state index contributed by atoms with van der Waals surface area (Å²) in [7, 11) is 0. The topological polar surface area (TPSA) is 27.6 Å². The summed E-state index contributed by atoms with van der Waals surface area (Å²) in [5, 5.41) is 0.429. The lowest BCUT2D eigenvalue weighted by molar-refractivity contribution is -0.386. The molecule has 0 aliphatic rings. The standard InChI is InChI=1S/C7H7ClFN/c8-6-1-5(4-10)2-7(9)3-6/h1-3H,4,10H2/p+1. The molecule has 0 amide bonds. The van der Waals surface area contributed by atoms with E-state index >= 15 is 0 Å². The Morgan fingerprint density at radius 2 is 2.10 bits per heavy atom. The maximum atomic E-state index is 12.5. The van der Waals surface area contributed by atoms with Crippen LogP contribution in [0.15, 0.2) is 18.2 Å². The fourth-order valence-electron chi connectivity index (χ4n) is 0.755. The molecule has 0 aliphatic heterocycles. The number of halogens is 2. The first-order chi connectivity index (χ1) is 4.72. The third-order valence-corrected chi connectivity index (χ3v) is 1.43. The highest BCUT2D eigenvalue weighted by molar-refractivity contribution is 6.30. The summed E-state index contributed by atoms with van der Waals surface area (Å²) in [6.07, 6.45) is 0. The van der Waals surface area contributed by atoms with Gasteiger partial charge in [-0.25, -0.2) is 4.39 Å². The molecule has 0 bridgehead atoms. The first-order valence-corrected chi connectivity index (χ1v) is 3.34. The van der Waals surface area contributed by atoms with E-state index in [4.69, 9.17) is 11.6 Å². The summed E-state index contributed by atoms with van der Waals surface area (Å²) in [4.78, 5) is 0. The van der Waals surface area contributed by atoms with E-state index in [0.717, 1.165) is 5.56 Å². The first-order valence-electron chi connectivity index (χ1n) is 2.96. The van der Waals surface area contributed by atoms with E-state index in [1.54, 1.807) is 6.07 Å². The molecule has 1 aromatic carbocycles. The summed E-state index contributed by atoms with van der Waals surface area (Å²) in [6.45, 7) is 0.567. The van der Waals surface area contributed by atoms with Gasteiger partial charge in [0.15, 0.2) is 0 Å². The van der Waals surface area contributed by atoms with Crippen LogP contribution in [0.5, 0.6) is 0 Å². The molecule has 54 valence electrons. The van der Waals surface area contributed by atoms with Crippen molar-refractivity contribution >= 4 is 11.6 Å². The lowest BCUT2D eigenvalue weighted by atomic mass is 10.2. The summed E-state index contributed by atoms with van der Waals surface area (Å²) in [5.74, 6) is -0.300. The molecule has 0 unspecified atom stereocenters. The lowest BCUT2D eigenvalue weighted by Gasteiger charge is -1.94. The van der Waals surface area contributed by atoms with Crippen LogP contribution in [0.1, 0.15) is 5.56 Å². The van der Waals surface area contributed by atoms with Crippen LogP contribution in [0.3, 0.4) is 0 Å². The van der Waals surface area contributed by atoms with E-state index in [1.807, 2.05) is 0 Å². The van der Waals surface area contributed by atoms with Gasteiger partial charge in [-0.3, -0.25) is 0 Å². The van der Waals surface area contributed by atoms with Gasteiger partial charge in [0, 0.05) is 10.6 Å². The summed E-state index contributed by atoms with van der Waals surface area (Å²) in [5.41, 5.74) is 4.44. The van der Waals surface area contributed by atoms with E-state index in [0.29, 0.717) is 11.6 Å². The number of hydrogen-bond donors (Lipinski definition) is 1. The van der Waals surface area contributed by atoms with Crippen molar-refractivity contribution in [2.75, 3.05) is 0 Å². The zero-order valence-electron chi connectivity index (χ0n) is 5.40. The zero-order chi connectivity index (χ0) is 7.56. The quantitative estimate of drug-likeness (QED) is 0.640. The fraction of sp³-hybridized carbons (Fsp3) is 0.143. The normalized spacial score (nSPS) is 9.90. The highest BCUT2D eigenvalue weighted by Crippen LogP contribution is 2.12. The number of rotatable bonds is 1. The molecule has 3 N–H and O–H groups in total. The van der Waals surface area contributed by atoms with Gasteiger partial charge in [0.1, 0.15) is 5.82 Å². The minimum Gasteiger partial charge on any atom is -0.354 e. The number of hydrogen-bond acceptors (Lipinski definition) is 0. The highest BCUT2D eigenvalue weighted by Gasteiger charge is 1.97. The molecule has 1 rings (SSSR count). The molecule has 3 heteroatoms. The van der Waals surface area contributed by atoms with Crippen molar-refractivity contribution in [3.63, 3.8) is 0 Å². The second-order valence-corrected chi connectivity index (χ2v) is 2.46. The second-order valence-electron chi connectivity index (χ2n) is 2.03. The van der Waals surface area contributed by atoms with Crippen LogP contribution in [-0.2, 0) is 6.54 Å². The largest absolute Gasteiger partial charge is 0.354 e. The average molecular weight is 161 g/mol. The van der Waals surface area contributed by atoms with Crippen molar-refractivity contribution in [3.05, 3.63) is 34.6 Å². The molecular formula is C7H8ClFN+. The molecule has 0 aliphatic carbocycles. The van der Waals surface area contributed by atoms with Gasteiger partial charge < -0.3 is 5.73 Å². The molecule has 0 fully saturated rings. The third-order valence-electron chi connectivity index (χ3n) is 1.21. The Bertz CT molecular complexity index is 217. The summed E-state index contributed by atoms with van der Waals surface area (Å²) in [6, 6.07) is 4.41. The molecule has 0 spiro atoms. The van der Waals surface area contributed by atoms with Crippen molar-refractivity contribution in [2.24, 2.45) is 0 Å². The van der Waals surface area contributed by atoms with Gasteiger partial charge in [-0.1, -0.05) is 11.6 Å². The van der Waals surface area contributed by atoms with Gasteiger partial charge in [0.25, 0.3) is 0 Å². The average Bonchev–Trinajstić information content (AvgIpc) is 1.85. The Balaban J connectivity index is 3.06. The van der Waals surface area contributed by atoms with Crippen molar-refractivity contribution in [1.29, 1.82) is 0 Å². The van der Waals surface area contributed by atoms with Gasteiger partial charge in [0.05, 0.1) is 6.54 Å². The molecule has 0 atom stereocenters. The Hall–Kier alpha value is -0.600. The second kappa shape index (κ2) is 2.99. The predicted octanol–water partition coefficient (Wildman–Crippen LogP) is 1.22. The van der Waals surface area contributed by atoms with Crippen LogP contribution in [0.4, 0.5) is 4.39 Å². The van der Waals surface area contributed by atoms with Gasteiger partial charge in [-0.05, 0) is 18.2 Å². The number of quaternary nitrogens is 1. The number of benzene rings is 1. The molecule has 0 radical (unpaired) electrons. The predicted molar refractivity (Wildman–Crippen MR) is 38.0 cm³/mol. The maximum Gasteiger partial charge on any atom is 0.125 e. The lowest BCUT2D eigenvalue weighted by Crippen LogP contribution is -2.47. The maximum absolute atomic E-state index is 12.5. The van der Waals surface area contributed by atoms with Crippen LogP contribution < -0.4 is 5.73 Å². The van der Waals surface area contributed by atoms with Crippen molar-refractivity contribution in [3.8, 4) is 0 Å². The molecule has 0 aromatic heterocycles. The monoisotopic (exact) mass is 160 g/mol. The third kappa shape index (κ3) is 1.69. The van der Waals surface area contributed by atoms with Gasteiger partial charge in [-0.15, -0.1) is 0 Å².